The maximum atomic E-state index is 5.24. The van der Waals surface area contributed by atoms with E-state index < -0.39 is 0 Å². The summed E-state index contributed by atoms with van der Waals surface area (Å²) in [6, 6.07) is 0. The van der Waals surface area contributed by atoms with Crippen molar-refractivity contribution in [3.05, 3.63) is 15.3 Å². The van der Waals surface area contributed by atoms with Crippen LogP contribution in [0.5, 0.6) is 0 Å². The Kier molecular flexibility index (Phi) is 2.79. The quantitative estimate of drug-likeness (QED) is 0.492. The van der Waals surface area contributed by atoms with Gasteiger partial charge in [-0.3, -0.25) is 0 Å². The Morgan fingerprint density at radius 1 is 1.21 bits per heavy atom. The van der Waals surface area contributed by atoms with Crippen LogP contribution in [0.1, 0.15) is 12.8 Å². The molecule has 0 unspecified atom stereocenters. The van der Waals surface area contributed by atoms with E-state index in [0.717, 1.165) is 8.39 Å². The van der Waals surface area contributed by atoms with E-state index in [1.807, 2.05) is 11.8 Å². The lowest BCUT2D eigenvalue weighted by Crippen LogP contribution is -2.22. The second-order valence-electron chi connectivity index (χ2n) is 3.27. The first kappa shape index (κ1) is 9.90. The predicted molar refractivity (Wildman–Crippen MR) is 70.7 cm³/mol. The van der Waals surface area contributed by atoms with Crippen LogP contribution in [-0.2, 0) is 0 Å². The fourth-order valence-electron chi connectivity index (χ4n) is 1.68. The summed E-state index contributed by atoms with van der Waals surface area (Å²) >= 11 is 12.9. The molecule has 0 nitrogen and oxygen atoms in total. The molecule has 1 aliphatic heterocycles. The zero-order valence-corrected chi connectivity index (χ0v) is 11.3. The lowest BCUT2D eigenvalue weighted by atomic mass is 10.1. The van der Waals surface area contributed by atoms with Crippen LogP contribution in [0.3, 0.4) is 0 Å². The molecule has 0 spiro atoms. The number of fused-ring (bicyclic) bond motifs is 2. The summed E-state index contributed by atoms with van der Waals surface area (Å²) in [7, 11) is 0. The maximum absolute atomic E-state index is 5.24. The zero-order chi connectivity index (χ0) is 9.54. The Bertz CT molecular complexity index is 427. The van der Waals surface area contributed by atoms with Crippen LogP contribution >= 0.6 is 58.4 Å². The van der Waals surface area contributed by atoms with Gasteiger partial charge in [0.2, 0.25) is 0 Å². The molecule has 0 radical (unpaired) electrons. The molecule has 1 aliphatic carbocycles. The van der Waals surface area contributed by atoms with Crippen LogP contribution in [0.25, 0.3) is 0 Å². The van der Waals surface area contributed by atoms with Crippen molar-refractivity contribution in [1.82, 2.24) is 0 Å². The molecule has 1 aromatic rings. The molecule has 0 saturated heterocycles. The standard InChI is InChI=1S/C9H8S5/c10-9-13-7-8(14-9)12-6-4-2-1-3-5(6)11-7/h1,3,5-6H,2,4H2/t5-,6+/m1/s1. The minimum atomic E-state index is 0.696. The van der Waals surface area contributed by atoms with E-state index in [1.165, 1.54) is 21.3 Å². The van der Waals surface area contributed by atoms with E-state index in [1.54, 1.807) is 22.7 Å². The molecule has 0 saturated carbocycles. The number of rotatable bonds is 0. The summed E-state index contributed by atoms with van der Waals surface area (Å²) in [5.41, 5.74) is 0. The van der Waals surface area contributed by atoms with Crippen molar-refractivity contribution in [2.45, 2.75) is 31.8 Å². The second-order valence-corrected chi connectivity index (χ2v) is 9.45. The minimum Gasteiger partial charge on any atom is -0.108 e. The Morgan fingerprint density at radius 2 is 2.00 bits per heavy atom. The van der Waals surface area contributed by atoms with Gasteiger partial charge in [0.15, 0.2) is 0 Å². The van der Waals surface area contributed by atoms with Crippen LogP contribution in [-0.4, -0.2) is 10.5 Å². The van der Waals surface area contributed by atoms with Gasteiger partial charge in [0.05, 0.1) is 8.42 Å². The highest BCUT2D eigenvalue weighted by atomic mass is 32.2. The smallest absolute Gasteiger partial charge is 0.108 e. The molecule has 2 aliphatic rings. The van der Waals surface area contributed by atoms with E-state index in [4.69, 9.17) is 12.2 Å². The van der Waals surface area contributed by atoms with Crippen LogP contribution < -0.4 is 0 Å². The maximum Gasteiger partial charge on any atom is 0.145 e. The largest absolute Gasteiger partial charge is 0.145 e. The summed E-state index contributed by atoms with van der Waals surface area (Å²) in [4.78, 5) is 0. The number of allylic oxidation sites excluding steroid dienone is 1. The summed E-state index contributed by atoms with van der Waals surface area (Å²) in [6.07, 6.45) is 7.28. The van der Waals surface area contributed by atoms with Gasteiger partial charge in [-0.25, -0.2) is 0 Å². The molecular weight excluding hydrogens is 268 g/mol. The fourth-order valence-corrected chi connectivity index (χ4v) is 8.62. The molecular formula is C9H8S5. The number of thioether (sulfide) groups is 2. The first-order chi connectivity index (χ1) is 6.83. The average molecular weight is 276 g/mol. The van der Waals surface area contributed by atoms with Gasteiger partial charge < -0.3 is 0 Å². The van der Waals surface area contributed by atoms with E-state index in [-0.39, 0.29) is 0 Å². The Balaban J connectivity index is 1.99. The van der Waals surface area contributed by atoms with Gasteiger partial charge in [-0.05, 0) is 12.8 Å². The van der Waals surface area contributed by atoms with Crippen molar-refractivity contribution in [1.29, 1.82) is 0 Å². The normalized spacial score (nSPS) is 29.7. The molecule has 0 bridgehead atoms. The van der Waals surface area contributed by atoms with Crippen molar-refractivity contribution in [2.75, 3.05) is 0 Å². The molecule has 0 aromatic carbocycles. The Hall–Kier alpha value is 0.710. The van der Waals surface area contributed by atoms with E-state index in [2.05, 4.69) is 23.9 Å². The fraction of sp³-hybridized carbons (Fsp3) is 0.444. The highest BCUT2D eigenvalue weighted by Crippen LogP contribution is 2.52. The van der Waals surface area contributed by atoms with Gasteiger partial charge >= 0.3 is 0 Å². The van der Waals surface area contributed by atoms with E-state index >= 15 is 0 Å². The topological polar surface area (TPSA) is 0 Å². The first-order valence-electron chi connectivity index (χ1n) is 4.47. The lowest BCUT2D eigenvalue weighted by molar-refractivity contribution is 0.756. The summed E-state index contributed by atoms with van der Waals surface area (Å²) in [5, 5.41) is 1.49. The van der Waals surface area contributed by atoms with Crippen LogP contribution in [0.15, 0.2) is 20.6 Å². The van der Waals surface area contributed by atoms with Gasteiger partial charge in [-0.1, -0.05) is 24.4 Å². The highest BCUT2D eigenvalue weighted by molar-refractivity contribution is 8.09. The molecule has 5 heteroatoms. The molecule has 0 amide bonds. The van der Waals surface area contributed by atoms with Gasteiger partial charge in [0, 0.05) is 10.5 Å². The van der Waals surface area contributed by atoms with Crippen LogP contribution in [0, 0.1) is 3.14 Å². The van der Waals surface area contributed by atoms with Gasteiger partial charge in [-0.2, -0.15) is 0 Å². The summed E-state index contributed by atoms with van der Waals surface area (Å²) in [6.45, 7) is 0. The van der Waals surface area contributed by atoms with Crippen molar-refractivity contribution < 1.29 is 0 Å². The summed E-state index contributed by atoms with van der Waals surface area (Å²) < 4.78 is 4.01. The zero-order valence-electron chi connectivity index (χ0n) is 7.26. The van der Waals surface area contributed by atoms with Gasteiger partial charge in [-0.15, -0.1) is 46.2 Å². The molecule has 2 atom stereocenters. The monoisotopic (exact) mass is 276 g/mol. The third kappa shape index (κ3) is 1.73. The Labute approximate surface area is 105 Å². The molecule has 74 valence electrons. The summed E-state index contributed by atoms with van der Waals surface area (Å²) in [5.74, 6) is 0. The molecule has 0 fully saturated rings. The van der Waals surface area contributed by atoms with Crippen LogP contribution in [0.4, 0.5) is 0 Å². The molecule has 1 aromatic heterocycles. The average Bonchev–Trinajstić information content (AvgIpc) is 2.53. The highest BCUT2D eigenvalue weighted by Gasteiger charge is 2.31. The first-order valence-corrected chi connectivity index (χ1v) is 8.27. The van der Waals surface area contributed by atoms with Crippen molar-refractivity contribution >= 4 is 58.4 Å². The lowest BCUT2D eigenvalue weighted by Gasteiger charge is -2.29. The Morgan fingerprint density at radius 3 is 2.86 bits per heavy atom. The molecule has 2 heterocycles. The van der Waals surface area contributed by atoms with Crippen molar-refractivity contribution in [3.8, 4) is 0 Å². The molecule has 14 heavy (non-hydrogen) atoms. The SMILES string of the molecule is S=c1sc2c(s1)S[C@@H]1C=CCC[C@@H]1S2. The minimum absolute atomic E-state index is 0.696. The van der Waals surface area contributed by atoms with Crippen molar-refractivity contribution in [3.63, 3.8) is 0 Å². The molecule has 0 N–H and O–H groups in total. The van der Waals surface area contributed by atoms with E-state index in [9.17, 15) is 0 Å². The third-order valence-electron chi connectivity index (χ3n) is 2.33. The van der Waals surface area contributed by atoms with E-state index in [0.29, 0.717) is 5.25 Å². The third-order valence-corrected chi connectivity index (χ3v) is 8.64. The predicted octanol–water partition coefficient (Wildman–Crippen LogP) is 4.82. The van der Waals surface area contributed by atoms with Gasteiger partial charge in [0.25, 0.3) is 0 Å². The second kappa shape index (κ2) is 3.94. The van der Waals surface area contributed by atoms with Gasteiger partial charge in [0.1, 0.15) is 3.14 Å². The number of hydrogen-bond acceptors (Lipinski definition) is 5. The van der Waals surface area contributed by atoms with Crippen molar-refractivity contribution in [2.24, 2.45) is 0 Å². The molecule has 3 rings (SSSR count). The number of hydrogen-bond donors (Lipinski definition) is 0. The van der Waals surface area contributed by atoms with Crippen LogP contribution in [0.2, 0.25) is 0 Å².